The molecule has 6 nitrogen and oxygen atoms in total. The number of anilines is 1. The van der Waals surface area contributed by atoms with E-state index in [1.54, 1.807) is 12.1 Å². The maximum atomic E-state index is 13.4. The molecule has 3 aromatic rings. The topological polar surface area (TPSA) is 67.9 Å². The first-order valence-electron chi connectivity index (χ1n) is 10.8. The first-order chi connectivity index (χ1) is 17.3. The number of carbonyl (C=O) groups is 2. The molecule has 1 N–H and O–H groups in total. The summed E-state index contributed by atoms with van der Waals surface area (Å²) in [5.41, 5.74) is 1.70. The fourth-order valence-electron chi connectivity index (χ4n) is 3.42. The molecule has 1 saturated heterocycles. The van der Waals surface area contributed by atoms with E-state index in [0.29, 0.717) is 40.4 Å². The quantitative estimate of drug-likeness (QED) is 0.192. The van der Waals surface area contributed by atoms with Crippen molar-refractivity contribution in [3.05, 3.63) is 92.1 Å². The molecule has 0 saturated carbocycles. The van der Waals surface area contributed by atoms with Crippen LogP contribution < -0.4 is 19.7 Å². The minimum Gasteiger partial charge on any atom is -0.490 e. The molecule has 0 unspecified atom stereocenters. The summed E-state index contributed by atoms with van der Waals surface area (Å²) in [5, 5.41) is 2.43. The van der Waals surface area contributed by atoms with Crippen LogP contribution in [0.3, 0.4) is 0 Å². The van der Waals surface area contributed by atoms with Crippen LogP contribution >= 0.6 is 44.1 Å². The second-order valence-corrected chi connectivity index (χ2v) is 9.76. The molecule has 184 valence electrons. The number of amides is 2. The van der Waals surface area contributed by atoms with Crippen LogP contribution in [-0.4, -0.2) is 23.5 Å². The van der Waals surface area contributed by atoms with Gasteiger partial charge < -0.3 is 9.47 Å². The number of nitrogens with one attached hydrogen (secondary N) is 1. The van der Waals surface area contributed by atoms with E-state index in [0.717, 1.165) is 14.9 Å². The van der Waals surface area contributed by atoms with E-state index < -0.39 is 17.6 Å². The zero-order chi connectivity index (χ0) is 25.8. The van der Waals surface area contributed by atoms with Gasteiger partial charge in [-0.3, -0.25) is 19.8 Å². The molecule has 36 heavy (non-hydrogen) atoms. The third-order valence-electron chi connectivity index (χ3n) is 5.16. The Morgan fingerprint density at radius 2 is 1.67 bits per heavy atom. The zero-order valence-corrected chi connectivity index (χ0v) is 22.9. The Labute approximate surface area is 229 Å². The first kappa shape index (κ1) is 26.0. The van der Waals surface area contributed by atoms with Crippen LogP contribution in [0, 0.1) is 5.82 Å². The van der Waals surface area contributed by atoms with Crippen molar-refractivity contribution in [1.82, 2.24) is 5.32 Å². The largest absolute Gasteiger partial charge is 0.490 e. The summed E-state index contributed by atoms with van der Waals surface area (Å²) in [6, 6.07) is 16.4. The van der Waals surface area contributed by atoms with Crippen LogP contribution in [0.25, 0.3) is 6.08 Å². The molecule has 0 atom stereocenters. The Morgan fingerprint density at radius 1 is 1.00 bits per heavy atom. The molecule has 1 aliphatic rings. The van der Waals surface area contributed by atoms with E-state index >= 15 is 0 Å². The van der Waals surface area contributed by atoms with Gasteiger partial charge in [0.25, 0.3) is 11.8 Å². The Kier molecular flexibility index (Phi) is 8.17. The van der Waals surface area contributed by atoms with Crippen molar-refractivity contribution >= 4 is 72.8 Å². The van der Waals surface area contributed by atoms with Gasteiger partial charge in [0.2, 0.25) is 0 Å². The van der Waals surface area contributed by atoms with Crippen LogP contribution in [0.1, 0.15) is 18.1 Å². The predicted molar refractivity (Wildman–Crippen MR) is 146 cm³/mol. The lowest BCUT2D eigenvalue weighted by molar-refractivity contribution is -0.122. The lowest BCUT2D eigenvalue weighted by Gasteiger charge is -2.29. The van der Waals surface area contributed by atoms with Crippen molar-refractivity contribution in [3.8, 4) is 11.5 Å². The van der Waals surface area contributed by atoms with Gasteiger partial charge in [0.1, 0.15) is 18.0 Å². The number of ether oxygens (including phenoxy) is 2. The molecule has 10 heteroatoms. The van der Waals surface area contributed by atoms with Crippen LogP contribution in [-0.2, 0) is 16.2 Å². The van der Waals surface area contributed by atoms with Crippen LogP contribution in [0.5, 0.6) is 11.5 Å². The van der Waals surface area contributed by atoms with E-state index in [9.17, 15) is 14.0 Å². The average Bonchev–Trinajstić information content (AvgIpc) is 2.84. The number of thiocarbonyl (C=S) groups is 1. The van der Waals surface area contributed by atoms with Crippen LogP contribution in [0.4, 0.5) is 10.1 Å². The number of hydrogen-bond acceptors (Lipinski definition) is 5. The number of carbonyl (C=O) groups excluding carboxylic acids is 2. The normalized spacial score (nSPS) is 14.7. The smallest absolute Gasteiger partial charge is 0.270 e. The summed E-state index contributed by atoms with van der Waals surface area (Å²) in [4.78, 5) is 27.1. The van der Waals surface area contributed by atoms with Gasteiger partial charge in [0.05, 0.1) is 12.3 Å². The molecule has 0 aromatic heterocycles. The molecular formula is C26H19Br2FN2O4S. The number of hydrogen-bond donors (Lipinski definition) is 1. The standard InChI is InChI=1S/C26H19Br2FN2O4S/c1-2-34-22-12-16(21(28)13-23(22)35-14-15-3-5-17(27)6-4-15)11-20-24(32)30-26(36)31(25(20)33)19-9-7-18(29)8-10-19/h3-13H,2,14H2,1H3,(H,30,32,36)/b20-11-. The summed E-state index contributed by atoms with van der Waals surface area (Å²) in [7, 11) is 0. The van der Waals surface area contributed by atoms with Gasteiger partial charge in [-0.25, -0.2) is 4.39 Å². The van der Waals surface area contributed by atoms with E-state index in [-0.39, 0.29) is 10.7 Å². The van der Waals surface area contributed by atoms with Gasteiger partial charge in [-0.1, -0.05) is 44.0 Å². The number of rotatable bonds is 7. The summed E-state index contributed by atoms with van der Waals surface area (Å²) < 4.78 is 26.7. The average molecular weight is 634 g/mol. The van der Waals surface area contributed by atoms with Gasteiger partial charge in [0.15, 0.2) is 16.6 Å². The molecule has 0 spiro atoms. The summed E-state index contributed by atoms with van der Waals surface area (Å²) in [5.74, 6) is -0.759. The number of benzene rings is 3. The SMILES string of the molecule is CCOc1cc(/C=C2/C(=O)NC(=S)N(c3ccc(F)cc3)C2=O)c(Br)cc1OCc1ccc(Br)cc1. The van der Waals surface area contributed by atoms with Gasteiger partial charge in [-0.15, -0.1) is 0 Å². The lowest BCUT2D eigenvalue weighted by Crippen LogP contribution is -2.54. The highest BCUT2D eigenvalue weighted by molar-refractivity contribution is 9.10. The fourth-order valence-corrected chi connectivity index (χ4v) is 4.40. The Bertz CT molecular complexity index is 1360. The Hall–Kier alpha value is -3.08. The maximum Gasteiger partial charge on any atom is 0.270 e. The van der Waals surface area contributed by atoms with E-state index in [2.05, 4.69) is 37.2 Å². The molecule has 0 bridgehead atoms. The molecule has 1 fully saturated rings. The van der Waals surface area contributed by atoms with Crippen molar-refractivity contribution < 1.29 is 23.5 Å². The maximum absolute atomic E-state index is 13.4. The van der Waals surface area contributed by atoms with Crippen molar-refractivity contribution in [2.45, 2.75) is 13.5 Å². The highest BCUT2D eigenvalue weighted by Crippen LogP contribution is 2.36. The highest BCUT2D eigenvalue weighted by Gasteiger charge is 2.34. The zero-order valence-electron chi connectivity index (χ0n) is 18.9. The van der Waals surface area contributed by atoms with Crippen LogP contribution in [0.15, 0.2) is 75.2 Å². The van der Waals surface area contributed by atoms with Gasteiger partial charge in [-0.2, -0.15) is 0 Å². The van der Waals surface area contributed by atoms with Gasteiger partial charge in [0, 0.05) is 8.95 Å². The first-order valence-corrected chi connectivity index (χ1v) is 12.8. The van der Waals surface area contributed by atoms with Gasteiger partial charge >= 0.3 is 0 Å². The Morgan fingerprint density at radius 3 is 2.33 bits per heavy atom. The molecule has 1 aliphatic heterocycles. The third-order valence-corrected chi connectivity index (χ3v) is 6.66. The molecule has 2 amide bonds. The monoisotopic (exact) mass is 632 g/mol. The minimum atomic E-state index is -0.635. The lowest BCUT2D eigenvalue weighted by atomic mass is 10.1. The van der Waals surface area contributed by atoms with Crippen molar-refractivity contribution in [1.29, 1.82) is 0 Å². The minimum absolute atomic E-state index is 0.0838. The highest BCUT2D eigenvalue weighted by atomic mass is 79.9. The second kappa shape index (κ2) is 11.3. The molecular weight excluding hydrogens is 615 g/mol. The summed E-state index contributed by atoms with van der Waals surface area (Å²) in [6.45, 7) is 2.56. The Balaban J connectivity index is 1.65. The number of nitrogens with zero attached hydrogens (tertiary/aromatic N) is 1. The van der Waals surface area contributed by atoms with Crippen molar-refractivity contribution in [3.63, 3.8) is 0 Å². The molecule has 1 heterocycles. The summed E-state index contributed by atoms with van der Waals surface area (Å²) >= 11 is 12.1. The number of halogens is 3. The van der Waals surface area contributed by atoms with E-state index in [1.807, 2.05) is 31.2 Å². The molecule has 0 radical (unpaired) electrons. The fraction of sp³-hybridized carbons (Fsp3) is 0.115. The summed E-state index contributed by atoms with van der Waals surface area (Å²) in [6.07, 6.45) is 1.45. The van der Waals surface area contributed by atoms with E-state index in [1.165, 1.54) is 30.3 Å². The third kappa shape index (κ3) is 5.83. The van der Waals surface area contributed by atoms with Crippen molar-refractivity contribution in [2.75, 3.05) is 11.5 Å². The van der Waals surface area contributed by atoms with Crippen LogP contribution in [0.2, 0.25) is 0 Å². The molecule has 0 aliphatic carbocycles. The van der Waals surface area contributed by atoms with E-state index in [4.69, 9.17) is 21.7 Å². The molecule has 3 aromatic carbocycles. The predicted octanol–water partition coefficient (Wildman–Crippen LogP) is 6.16. The van der Waals surface area contributed by atoms with Crippen molar-refractivity contribution in [2.24, 2.45) is 0 Å². The molecule has 4 rings (SSSR count). The second-order valence-electron chi connectivity index (χ2n) is 7.60. The van der Waals surface area contributed by atoms with Gasteiger partial charge in [-0.05, 0) is 84.9 Å².